The van der Waals surface area contributed by atoms with Crippen molar-refractivity contribution >= 4 is 12.1 Å². The summed E-state index contributed by atoms with van der Waals surface area (Å²) >= 11 is 0. The van der Waals surface area contributed by atoms with Crippen LogP contribution < -0.4 is 5.32 Å². The Hall–Kier alpha value is -1.52. The summed E-state index contributed by atoms with van der Waals surface area (Å²) in [5.41, 5.74) is 0. The number of rotatable bonds is 14. The maximum Gasteiger partial charge on any atom is 0.407 e. The number of nitrogens with one attached hydrogen (secondary N) is 1. The molecule has 5 heteroatoms. The van der Waals surface area contributed by atoms with Crippen LogP contribution in [0.4, 0.5) is 4.79 Å². The molecule has 0 aromatic rings. The van der Waals surface area contributed by atoms with Crippen molar-refractivity contribution in [3.63, 3.8) is 0 Å². The van der Waals surface area contributed by atoms with Gasteiger partial charge in [0.2, 0.25) is 0 Å². The van der Waals surface area contributed by atoms with Gasteiger partial charge in [0.25, 0.3) is 0 Å². The normalized spacial score (nSPS) is 15.7. The van der Waals surface area contributed by atoms with E-state index in [1.54, 1.807) is 6.08 Å². The summed E-state index contributed by atoms with van der Waals surface area (Å²) in [6.45, 7) is 6.53. The van der Waals surface area contributed by atoms with E-state index in [1.807, 2.05) is 0 Å². The first-order valence-electron chi connectivity index (χ1n) is 10.9. The highest BCUT2D eigenvalue weighted by Crippen LogP contribution is 2.27. The molecule has 0 aliphatic heterocycles. The molecule has 1 rings (SSSR count). The van der Waals surface area contributed by atoms with Crippen molar-refractivity contribution in [2.24, 2.45) is 5.92 Å². The Morgan fingerprint density at radius 2 is 1.67 bits per heavy atom. The number of carbonyl (C=O) groups excluding carboxylic acids is 2. The van der Waals surface area contributed by atoms with E-state index in [-0.39, 0.29) is 18.5 Å². The Balaban J connectivity index is 2.36. The van der Waals surface area contributed by atoms with Crippen LogP contribution in [0.25, 0.3) is 0 Å². The second kappa shape index (κ2) is 15.5. The van der Waals surface area contributed by atoms with E-state index in [9.17, 15) is 9.59 Å². The van der Waals surface area contributed by atoms with E-state index in [0.29, 0.717) is 13.0 Å². The van der Waals surface area contributed by atoms with Gasteiger partial charge in [-0.15, -0.1) is 6.58 Å². The SMILES string of the molecule is C=CCCOC(=O)NC(C(=O)OCCCCCCCCC)C1CCCCC1. The lowest BCUT2D eigenvalue weighted by molar-refractivity contribution is -0.148. The van der Waals surface area contributed by atoms with Gasteiger partial charge in [-0.3, -0.25) is 0 Å². The minimum atomic E-state index is -0.592. The Morgan fingerprint density at radius 3 is 2.33 bits per heavy atom. The quantitative estimate of drug-likeness (QED) is 0.244. The molecule has 0 radical (unpaired) electrons. The van der Waals surface area contributed by atoms with Crippen LogP contribution in [0.15, 0.2) is 12.7 Å². The molecule has 1 N–H and O–H groups in total. The highest BCUT2D eigenvalue weighted by atomic mass is 16.6. The molecular formula is C22H39NO4. The van der Waals surface area contributed by atoms with Gasteiger partial charge in [-0.1, -0.05) is 70.8 Å². The molecule has 1 aliphatic carbocycles. The largest absolute Gasteiger partial charge is 0.464 e. The maximum atomic E-state index is 12.6. The molecule has 0 aromatic heterocycles. The van der Waals surface area contributed by atoms with Gasteiger partial charge >= 0.3 is 12.1 Å². The average molecular weight is 382 g/mol. The van der Waals surface area contributed by atoms with Gasteiger partial charge in [0.05, 0.1) is 13.2 Å². The first kappa shape index (κ1) is 23.5. The lowest BCUT2D eigenvalue weighted by Gasteiger charge is -2.29. The van der Waals surface area contributed by atoms with E-state index in [4.69, 9.17) is 9.47 Å². The number of esters is 1. The Morgan fingerprint density at radius 1 is 1.00 bits per heavy atom. The van der Waals surface area contributed by atoms with Crippen molar-refractivity contribution in [2.75, 3.05) is 13.2 Å². The van der Waals surface area contributed by atoms with E-state index in [0.717, 1.165) is 38.5 Å². The molecule has 156 valence electrons. The standard InChI is InChI=1S/C22H39NO4/c1-3-5-7-8-9-10-14-18-26-21(24)20(19-15-12-11-13-16-19)23-22(25)27-17-6-4-2/h4,19-20H,2-3,5-18H2,1H3,(H,23,25). The summed E-state index contributed by atoms with van der Waals surface area (Å²) in [6, 6.07) is -0.592. The number of alkyl carbamates (subject to hydrolysis) is 1. The first-order chi connectivity index (χ1) is 13.2. The maximum absolute atomic E-state index is 12.6. The second-order valence-corrected chi connectivity index (χ2v) is 7.52. The van der Waals surface area contributed by atoms with Gasteiger partial charge < -0.3 is 14.8 Å². The van der Waals surface area contributed by atoms with Crippen LogP contribution in [0, 0.1) is 5.92 Å². The molecule has 0 spiro atoms. The number of hydrogen-bond acceptors (Lipinski definition) is 4. The smallest absolute Gasteiger partial charge is 0.407 e. The van der Waals surface area contributed by atoms with Crippen LogP contribution >= 0.6 is 0 Å². The molecule has 0 heterocycles. The van der Waals surface area contributed by atoms with Crippen molar-refractivity contribution in [1.82, 2.24) is 5.32 Å². The van der Waals surface area contributed by atoms with Crippen molar-refractivity contribution < 1.29 is 19.1 Å². The summed E-state index contributed by atoms with van der Waals surface area (Å²) in [6.07, 6.45) is 15.3. The number of unbranched alkanes of at least 4 members (excludes halogenated alkanes) is 6. The van der Waals surface area contributed by atoms with Gasteiger partial charge in [0.1, 0.15) is 6.04 Å². The van der Waals surface area contributed by atoms with Crippen LogP contribution in [0.2, 0.25) is 0 Å². The van der Waals surface area contributed by atoms with Crippen LogP contribution in [-0.4, -0.2) is 31.3 Å². The highest BCUT2D eigenvalue weighted by Gasteiger charge is 2.32. The van der Waals surface area contributed by atoms with Crippen molar-refractivity contribution in [2.45, 2.75) is 96.4 Å². The van der Waals surface area contributed by atoms with Crippen molar-refractivity contribution in [3.8, 4) is 0 Å². The zero-order valence-corrected chi connectivity index (χ0v) is 17.2. The van der Waals surface area contributed by atoms with Gasteiger partial charge in [-0.05, 0) is 31.6 Å². The minimum Gasteiger partial charge on any atom is -0.464 e. The molecule has 27 heavy (non-hydrogen) atoms. The van der Waals surface area contributed by atoms with Gasteiger partial charge in [0.15, 0.2) is 0 Å². The highest BCUT2D eigenvalue weighted by molar-refractivity contribution is 5.81. The van der Waals surface area contributed by atoms with Crippen LogP contribution in [0.3, 0.4) is 0 Å². The Bertz CT molecular complexity index is 419. The van der Waals surface area contributed by atoms with Crippen molar-refractivity contribution in [1.29, 1.82) is 0 Å². The predicted molar refractivity (Wildman–Crippen MR) is 109 cm³/mol. The molecule has 0 bridgehead atoms. The molecule has 5 nitrogen and oxygen atoms in total. The summed E-state index contributed by atoms with van der Waals surface area (Å²) in [7, 11) is 0. The second-order valence-electron chi connectivity index (χ2n) is 7.52. The number of hydrogen-bond donors (Lipinski definition) is 1. The van der Waals surface area contributed by atoms with E-state index < -0.39 is 12.1 Å². The molecule has 1 saturated carbocycles. The number of amides is 1. The van der Waals surface area contributed by atoms with E-state index in [1.165, 1.54) is 38.5 Å². The average Bonchev–Trinajstić information content (AvgIpc) is 2.69. The fourth-order valence-corrected chi connectivity index (χ4v) is 3.56. The molecule has 1 atom stereocenters. The van der Waals surface area contributed by atoms with E-state index in [2.05, 4.69) is 18.8 Å². The third-order valence-corrected chi connectivity index (χ3v) is 5.20. The van der Waals surface area contributed by atoms with Gasteiger partial charge in [-0.2, -0.15) is 0 Å². The summed E-state index contributed by atoms with van der Waals surface area (Å²) < 4.78 is 10.6. The third kappa shape index (κ3) is 11.0. The number of ether oxygens (including phenoxy) is 2. The summed E-state index contributed by atoms with van der Waals surface area (Å²) in [4.78, 5) is 24.6. The first-order valence-corrected chi connectivity index (χ1v) is 10.9. The summed E-state index contributed by atoms with van der Waals surface area (Å²) in [5.74, 6) is -0.166. The van der Waals surface area contributed by atoms with Crippen molar-refractivity contribution in [3.05, 3.63) is 12.7 Å². The van der Waals surface area contributed by atoms with Gasteiger partial charge in [0, 0.05) is 0 Å². The Kier molecular flexibility index (Phi) is 13.5. The molecule has 1 fully saturated rings. The van der Waals surface area contributed by atoms with Crippen LogP contribution in [-0.2, 0) is 14.3 Å². The predicted octanol–water partition coefficient (Wildman–Crippen LogP) is 5.53. The zero-order chi connectivity index (χ0) is 19.7. The number of carbonyl (C=O) groups is 2. The fourth-order valence-electron chi connectivity index (χ4n) is 3.56. The fraction of sp³-hybridized carbons (Fsp3) is 0.818. The third-order valence-electron chi connectivity index (χ3n) is 5.20. The molecule has 0 aromatic carbocycles. The molecule has 1 unspecified atom stereocenters. The Labute approximate surface area is 165 Å². The lowest BCUT2D eigenvalue weighted by atomic mass is 9.84. The minimum absolute atomic E-state index is 0.146. The lowest BCUT2D eigenvalue weighted by Crippen LogP contribution is -2.47. The monoisotopic (exact) mass is 381 g/mol. The zero-order valence-electron chi connectivity index (χ0n) is 17.2. The van der Waals surface area contributed by atoms with Crippen LogP contribution in [0.5, 0.6) is 0 Å². The van der Waals surface area contributed by atoms with Crippen LogP contribution in [0.1, 0.15) is 90.4 Å². The molecular weight excluding hydrogens is 342 g/mol. The molecule has 0 saturated heterocycles. The molecule has 1 aliphatic rings. The topological polar surface area (TPSA) is 64.6 Å². The summed E-state index contributed by atoms with van der Waals surface area (Å²) in [5, 5.41) is 2.75. The van der Waals surface area contributed by atoms with Gasteiger partial charge in [-0.25, -0.2) is 9.59 Å². The molecule has 1 amide bonds. The van der Waals surface area contributed by atoms with E-state index >= 15 is 0 Å².